The molecule has 3 N–H and O–H groups in total. The molecule has 7 heteroatoms. The van der Waals surface area contributed by atoms with Gasteiger partial charge in [0.1, 0.15) is 5.82 Å². The van der Waals surface area contributed by atoms with Crippen LogP contribution in [0.3, 0.4) is 0 Å². The van der Waals surface area contributed by atoms with E-state index in [0.29, 0.717) is 24.8 Å². The number of aromatic carboxylic acids is 1. The number of carboxylic acids is 1. The van der Waals surface area contributed by atoms with Crippen molar-refractivity contribution in [2.24, 2.45) is 0 Å². The molecule has 0 aliphatic heterocycles. The number of hydrogen-bond acceptors (Lipinski definition) is 5. The van der Waals surface area contributed by atoms with Gasteiger partial charge in [-0.25, -0.2) is 14.8 Å². The third-order valence-corrected chi connectivity index (χ3v) is 3.50. The molecule has 0 atom stereocenters. The molecule has 1 aliphatic rings. The Morgan fingerprint density at radius 2 is 1.95 bits per heavy atom. The zero-order valence-electron chi connectivity index (χ0n) is 11.8. The van der Waals surface area contributed by atoms with Crippen molar-refractivity contribution >= 4 is 17.7 Å². The minimum atomic E-state index is -1.11. The minimum Gasteiger partial charge on any atom is -0.476 e. The first-order valence-corrected chi connectivity index (χ1v) is 7.24. The first kappa shape index (κ1) is 15.2. The van der Waals surface area contributed by atoms with E-state index in [2.05, 4.69) is 20.6 Å². The average molecular weight is 292 g/mol. The van der Waals surface area contributed by atoms with E-state index < -0.39 is 5.97 Å². The van der Waals surface area contributed by atoms with Crippen LogP contribution in [0.4, 0.5) is 5.82 Å². The normalized spacial score (nSPS) is 15.4. The second-order valence-corrected chi connectivity index (χ2v) is 5.17. The van der Waals surface area contributed by atoms with Crippen LogP contribution >= 0.6 is 0 Å². The fourth-order valence-electron chi connectivity index (χ4n) is 2.38. The van der Waals surface area contributed by atoms with Crippen LogP contribution in [0.15, 0.2) is 12.4 Å². The summed E-state index contributed by atoms with van der Waals surface area (Å²) in [6.07, 6.45) is 8.68. The molecule has 1 aromatic rings. The SMILES string of the molecule is O=C(CCNc1cnc(C(=O)O)cn1)NC1CCCCC1. The van der Waals surface area contributed by atoms with Crippen LogP contribution < -0.4 is 10.6 Å². The highest BCUT2D eigenvalue weighted by Crippen LogP contribution is 2.17. The van der Waals surface area contributed by atoms with Gasteiger partial charge >= 0.3 is 5.97 Å². The maximum absolute atomic E-state index is 11.8. The van der Waals surface area contributed by atoms with Gasteiger partial charge in [-0.2, -0.15) is 0 Å². The molecule has 0 aromatic carbocycles. The Hall–Kier alpha value is -2.18. The van der Waals surface area contributed by atoms with Crippen molar-refractivity contribution in [3.63, 3.8) is 0 Å². The molecular weight excluding hydrogens is 272 g/mol. The molecule has 7 nitrogen and oxygen atoms in total. The molecule has 0 radical (unpaired) electrons. The summed E-state index contributed by atoms with van der Waals surface area (Å²) < 4.78 is 0. The van der Waals surface area contributed by atoms with E-state index in [1.165, 1.54) is 31.7 Å². The largest absolute Gasteiger partial charge is 0.476 e. The Labute approximate surface area is 123 Å². The number of carbonyl (C=O) groups is 2. The van der Waals surface area contributed by atoms with Crippen LogP contribution in [0.1, 0.15) is 49.0 Å². The van der Waals surface area contributed by atoms with E-state index in [0.717, 1.165) is 12.8 Å². The van der Waals surface area contributed by atoms with Crippen LogP contribution in [-0.2, 0) is 4.79 Å². The Bertz CT molecular complexity index is 483. The van der Waals surface area contributed by atoms with Gasteiger partial charge in [-0.05, 0) is 12.8 Å². The Balaban J connectivity index is 1.68. The summed E-state index contributed by atoms with van der Waals surface area (Å²) >= 11 is 0. The zero-order valence-corrected chi connectivity index (χ0v) is 11.8. The molecule has 0 saturated heterocycles. The summed E-state index contributed by atoms with van der Waals surface area (Å²) in [7, 11) is 0. The van der Waals surface area contributed by atoms with E-state index in [-0.39, 0.29) is 11.6 Å². The molecule has 21 heavy (non-hydrogen) atoms. The maximum Gasteiger partial charge on any atom is 0.356 e. The van der Waals surface area contributed by atoms with Crippen molar-refractivity contribution in [1.29, 1.82) is 0 Å². The third-order valence-electron chi connectivity index (χ3n) is 3.50. The second kappa shape index (κ2) is 7.56. The van der Waals surface area contributed by atoms with Gasteiger partial charge in [0.2, 0.25) is 5.91 Å². The third kappa shape index (κ3) is 5.02. The van der Waals surface area contributed by atoms with Crippen LogP contribution in [0.5, 0.6) is 0 Å². The van der Waals surface area contributed by atoms with Gasteiger partial charge in [0.15, 0.2) is 5.69 Å². The Morgan fingerprint density at radius 3 is 2.57 bits per heavy atom. The van der Waals surface area contributed by atoms with Crippen LogP contribution in [0.25, 0.3) is 0 Å². The number of hydrogen-bond donors (Lipinski definition) is 3. The first-order valence-electron chi connectivity index (χ1n) is 7.24. The van der Waals surface area contributed by atoms with E-state index >= 15 is 0 Å². The quantitative estimate of drug-likeness (QED) is 0.732. The van der Waals surface area contributed by atoms with Gasteiger partial charge < -0.3 is 15.7 Å². The van der Waals surface area contributed by atoms with Gasteiger partial charge in [0.05, 0.1) is 12.4 Å². The van der Waals surface area contributed by atoms with Gasteiger partial charge in [-0.1, -0.05) is 19.3 Å². The number of nitrogens with one attached hydrogen (secondary N) is 2. The highest BCUT2D eigenvalue weighted by Gasteiger charge is 2.15. The number of carboxylic acid groups (broad SMARTS) is 1. The number of anilines is 1. The first-order chi connectivity index (χ1) is 10.1. The van der Waals surface area contributed by atoms with Crippen molar-refractivity contribution in [3.05, 3.63) is 18.1 Å². The summed E-state index contributed by atoms with van der Waals surface area (Å²) in [4.78, 5) is 30.1. The monoisotopic (exact) mass is 292 g/mol. The van der Waals surface area contributed by atoms with Crippen molar-refractivity contribution in [2.75, 3.05) is 11.9 Å². The average Bonchev–Trinajstić information content (AvgIpc) is 2.49. The van der Waals surface area contributed by atoms with Gasteiger partial charge in [0, 0.05) is 19.0 Å². The summed E-state index contributed by atoms with van der Waals surface area (Å²) in [5.41, 5.74) is -0.101. The molecular formula is C14H20N4O3. The smallest absolute Gasteiger partial charge is 0.356 e. The standard InChI is InChI=1S/C14H20N4O3/c19-13(18-10-4-2-1-3-5-10)6-7-15-12-9-16-11(8-17-12)14(20)21/h8-10H,1-7H2,(H,15,17)(H,18,19)(H,20,21). The maximum atomic E-state index is 11.8. The number of amides is 1. The highest BCUT2D eigenvalue weighted by atomic mass is 16.4. The summed E-state index contributed by atoms with van der Waals surface area (Å²) in [6.45, 7) is 0.444. The van der Waals surface area contributed by atoms with Crippen molar-refractivity contribution < 1.29 is 14.7 Å². The molecule has 1 fully saturated rings. The number of aromatic nitrogens is 2. The lowest BCUT2D eigenvalue weighted by atomic mass is 9.95. The Kier molecular flexibility index (Phi) is 5.48. The van der Waals surface area contributed by atoms with Crippen LogP contribution in [-0.4, -0.2) is 39.5 Å². The van der Waals surface area contributed by atoms with Gasteiger partial charge in [-0.3, -0.25) is 4.79 Å². The fourth-order valence-corrected chi connectivity index (χ4v) is 2.38. The van der Waals surface area contributed by atoms with Crippen LogP contribution in [0, 0.1) is 0 Å². The number of nitrogens with zero attached hydrogens (tertiary/aromatic N) is 2. The highest BCUT2D eigenvalue weighted by molar-refractivity contribution is 5.84. The second-order valence-electron chi connectivity index (χ2n) is 5.17. The predicted molar refractivity (Wildman–Crippen MR) is 77.1 cm³/mol. The van der Waals surface area contributed by atoms with E-state index in [4.69, 9.17) is 5.11 Å². The van der Waals surface area contributed by atoms with Crippen molar-refractivity contribution in [2.45, 2.75) is 44.6 Å². The summed E-state index contributed by atoms with van der Waals surface area (Å²) in [5.74, 6) is -0.615. The van der Waals surface area contributed by atoms with Gasteiger partial charge in [-0.15, -0.1) is 0 Å². The molecule has 1 saturated carbocycles. The lowest BCUT2D eigenvalue weighted by Crippen LogP contribution is -2.36. The molecule has 1 amide bonds. The number of carbonyl (C=O) groups excluding carboxylic acids is 1. The van der Waals surface area contributed by atoms with Crippen molar-refractivity contribution in [1.82, 2.24) is 15.3 Å². The summed E-state index contributed by atoms with van der Waals surface area (Å²) in [6, 6.07) is 0.320. The van der Waals surface area contributed by atoms with Crippen molar-refractivity contribution in [3.8, 4) is 0 Å². The van der Waals surface area contributed by atoms with Gasteiger partial charge in [0.25, 0.3) is 0 Å². The summed E-state index contributed by atoms with van der Waals surface area (Å²) in [5, 5.41) is 14.7. The molecule has 1 aliphatic carbocycles. The zero-order chi connectivity index (χ0) is 15.1. The molecule has 0 bridgehead atoms. The van der Waals surface area contributed by atoms with E-state index in [9.17, 15) is 9.59 Å². The van der Waals surface area contributed by atoms with E-state index in [1.54, 1.807) is 0 Å². The topological polar surface area (TPSA) is 104 Å². The lowest BCUT2D eigenvalue weighted by molar-refractivity contribution is -0.121. The molecule has 0 unspecified atom stereocenters. The number of rotatable bonds is 6. The molecule has 2 rings (SSSR count). The fraction of sp³-hybridized carbons (Fsp3) is 0.571. The minimum absolute atomic E-state index is 0.0320. The molecule has 0 spiro atoms. The van der Waals surface area contributed by atoms with Crippen LogP contribution in [0.2, 0.25) is 0 Å². The molecule has 1 aromatic heterocycles. The van der Waals surface area contributed by atoms with E-state index in [1.807, 2.05) is 0 Å². The molecule has 1 heterocycles. The Morgan fingerprint density at radius 1 is 1.19 bits per heavy atom. The lowest BCUT2D eigenvalue weighted by Gasteiger charge is -2.22. The predicted octanol–water partition coefficient (Wildman–Crippen LogP) is 1.43. The molecule has 114 valence electrons.